The Bertz CT molecular complexity index is 960. The standard InChI is InChI=1S/C27H28O4/c28-27(29)18-26(22-8-9-22)23-10-14-25(15-11-23)31-19-21-6-12-24(13-7-21)30-17-16-20-4-2-1-3-5-20/h1-7,10-15,22,26H,8-9,16-19H2,(H,28,29). The monoisotopic (exact) mass is 416 g/mol. The third-order valence-electron chi connectivity index (χ3n) is 5.72. The predicted molar refractivity (Wildman–Crippen MR) is 121 cm³/mol. The summed E-state index contributed by atoms with van der Waals surface area (Å²) in [5, 5.41) is 9.17. The molecule has 0 bridgehead atoms. The molecule has 3 aromatic carbocycles. The van der Waals surface area contributed by atoms with Crippen LogP contribution in [0.2, 0.25) is 0 Å². The van der Waals surface area contributed by atoms with Crippen LogP contribution in [0.3, 0.4) is 0 Å². The van der Waals surface area contributed by atoms with E-state index in [2.05, 4.69) is 12.1 Å². The highest BCUT2D eigenvalue weighted by molar-refractivity contribution is 5.68. The molecule has 1 aliphatic rings. The summed E-state index contributed by atoms with van der Waals surface area (Å²) in [6.07, 6.45) is 3.34. The van der Waals surface area contributed by atoms with Crippen LogP contribution < -0.4 is 9.47 Å². The van der Waals surface area contributed by atoms with E-state index in [4.69, 9.17) is 9.47 Å². The van der Waals surface area contributed by atoms with Crippen LogP contribution >= 0.6 is 0 Å². The summed E-state index contributed by atoms with van der Waals surface area (Å²) in [6, 6.07) is 26.2. The number of ether oxygens (including phenoxy) is 2. The molecule has 160 valence electrons. The predicted octanol–water partition coefficient (Wildman–Crippen LogP) is 5.86. The number of aliphatic carboxylic acids is 1. The first-order valence-corrected chi connectivity index (χ1v) is 10.9. The Morgan fingerprint density at radius 1 is 0.839 bits per heavy atom. The van der Waals surface area contributed by atoms with Gasteiger partial charge in [-0.25, -0.2) is 0 Å². The van der Waals surface area contributed by atoms with Crippen LogP contribution in [0, 0.1) is 5.92 Å². The van der Waals surface area contributed by atoms with Gasteiger partial charge in [0.15, 0.2) is 0 Å². The van der Waals surface area contributed by atoms with Crippen LogP contribution in [0.4, 0.5) is 0 Å². The Hall–Kier alpha value is -3.27. The number of rotatable bonds is 11. The van der Waals surface area contributed by atoms with Gasteiger partial charge in [-0.1, -0.05) is 54.6 Å². The van der Waals surface area contributed by atoms with Gasteiger partial charge in [0.2, 0.25) is 0 Å². The van der Waals surface area contributed by atoms with Gasteiger partial charge >= 0.3 is 5.97 Å². The summed E-state index contributed by atoms with van der Waals surface area (Å²) < 4.78 is 11.7. The van der Waals surface area contributed by atoms with Crippen LogP contribution in [0.15, 0.2) is 78.9 Å². The molecule has 0 radical (unpaired) electrons. The van der Waals surface area contributed by atoms with E-state index >= 15 is 0 Å². The molecule has 4 nitrogen and oxygen atoms in total. The molecule has 4 rings (SSSR count). The fourth-order valence-corrected chi connectivity index (χ4v) is 3.83. The maximum atomic E-state index is 11.2. The largest absolute Gasteiger partial charge is 0.493 e. The van der Waals surface area contributed by atoms with Crippen molar-refractivity contribution in [2.75, 3.05) is 6.61 Å². The third-order valence-corrected chi connectivity index (χ3v) is 5.72. The van der Waals surface area contributed by atoms with E-state index in [0.29, 0.717) is 19.1 Å². The molecule has 4 heteroatoms. The smallest absolute Gasteiger partial charge is 0.303 e. The maximum Gasteiger partial charge on any atom is 0.303 e. The molecule has 0 heterocycles. The van der Waals surface area contributed by atoms with Crippen molar-refractivity contribution in [2.24, 2.45) is 5.92 Å². The average Bonchev–Trinajstić information content (AvgIpc) is 3.63. The number of carboxylic acid groups (broad SMARTS) is 1. The van der Waals surface area contributed by atoms with Crippen molar-refractivity contribution in [3.05, 3.63) is 95.6 Å². The molecule has 0 aromatic heterocycles. The normalized spacial score (nSPS) is 14.1. The maximum absolute atomic E-state index is 11.2. The summed E-state index contributed by atoms with van der Waals surface area (Å²) >= 11 is 0. The van der Waals surface area contributed by atoms with Crippen LogP contribution in [0.5, 0.6) is 11.5 Å². The van der Waals surface area contributed by atoms with E-state index in [1.807, 2.05) is 66.7 Å². The van der Waals surface area contributed by atoms with Crippen molar-refractivity contribution in [1.29, 1.82) is 0 Å². The highest BCUT2D eigenvalue weighted by atomic mass is 16.5. The first-order chi connectivity index (χ1) is 15.2. The average molecular weight is 417 g/mol. The molecule has 1 fully saturated rings. The van der Waals surface area contributed by atoms with Gasteiger partial charge in [-0.2, -0.15) is 0 Å². The van der Waals surface area contributed by atoms with Crippen LogP contribution in [0.25, 0.3) is 0 Å². The summed E-state index contributed by atoms with van der Waals surface area (Å²) in [6.45, 7) is 1.13. The number of carboxylic acids is 1. The fourth-order valence-electron chi connectivity index (χ4n) is 3.83. The second-order valence-electron chi connectivity index (χ2n) is 8.13. The minimum atomic E-state index is -0.732. The SMILES string of the molecule is O=C(O)CC(c1ccc(OCc2ccc(OCCc3ccccc3)cc2)cc1)C1CC1. The number of hydrogen-bond acceptors (Lipinski definition) is 3. The molecule has 1 N–H and O–H groups in total. The Labute approximate surface area is 183 Å². The lowest BCUT2D eigenvalue weighted by Crippen LogP contribution is -2.08. The molecule has 3 aromatic rings. The molecule has 0 spiro atoms. The summed E-state index contributed by atoms with van der Waals surface area (Å²) in [4.78, 5) is 11.2. The van der Waals surface area contributed by atoms with Crippen LogP contribution in [-0.4, -0.2) is 17.7 Å². The van der Waals surface area contributed by atoms with Gasteiger partial charge in [0.25, 0.3) is 0 Å². The summed E-state index contributed by atoms with van der Waals surface area (Å²) in [7, 11) is 0. The minimum Gasteiger partial charge on any atom is -0.493 e. The minimum absolute atomic E-state index is 0.112. The highest BCUT2D eigenvalue weighted by Gasteiger charge is 2.33. The molecule has 0 aliphatic heterocycles. The first-order valence-electron chi connectivity index (χ1n) is 10.9. The molecule has 0 amide bonds. The lowest BCUT2D eigenvalue weighted by atomic mass is 9.91. The van der Waals surface area contributed by atoms with Crippen LogP contribution in [-0.2, 0) is 17.8 Å². The molecule has 0 saturated heterocycles. The molecule has 1 atom stereocenters. The number of hydrogen-bond donors (Lipinski definition) is 1. The fraction of sp³-hybridized carbons (Fsp3) is 0.296. The zero-order chi connectivity index (χ0) is 21.5. The Morgan fingerprint density at radius 2 is 1.48 bits per heavy atom. The Morgan fingerprint density at radius 3 is 2.13 bits per heavy atom. The van der Waals surface area contributed by atoms with Crippen molar-refractivity contribution < 1.29 is 19.4 Å². The lowest BCUT2D eigenvalue weighted by molar-refractivity contribution is -0.137. The van der Waals surface area contributed by atoms with E-state index in [1.165, 1.54) is 5.56 Å². The van der Waals surface area contributed by atoms with Crippen molar-refractivity contribution >= 4 is 5.97 Å². The Kier molecular flexibility index (Phi) is 6.88. The lowest BCUT2D eigenvalue weighted by Gasteiger charge is -2.15. The van der Waals surface area contributed by atoms with Crippen LogP contribution in [0.1, 0.15) is 41.9 Å². The molecule has 31 heavy (non-hydrogen) atoms. The van der Waals surface area contributed by atoms with Gasteiger partial charge in [0, 0.05) is 6.42 Å². The summed E-state index contributed by atoms with van der Waals surface area (Å²) in [5.74, 6) is 1.53. The second-order valence-corrected chi connectivity index (χ2v) is 8.13. The third kappa shape index (κ3) is 6.35. The Balaban J connectivity index is 1.24. The second kappa shape index (κ2) is 10.2. The van der Waals surface area contributed by atoms with Crippen molar-refractivity contribution in [1.82, 2.24) is 0 Å². The van der Waals surface area contributed by atoms with Gasteiger partial charge in [0.05, 0.1) is 13.0 Å². The van der Waals surface area contributed by atoms with Crippen molar-refractivity contribution in [3.63, 3.8) is 0 Å². The molecular formula is C27H28O4. The quantitative estimate of drug-likeness (QED) is 0.426. The van der Waals surface area contributed by atoms with Gasteiger partial charge in [-0.15, -0.1) is 0 Å². The number of carbonyl (C=O) groups is 1. The van der Waals surface area contributed by atoms with Crippen molar-refractivity contribution in [2.45, 2.75) is 38.2 Å². The molecular weight excluding hydrogens is 388 g/mol. The van der Waals surface area contributed by atoms with Crippen molar-refractivity contribution in [3.8, 4) is 11.5 Å². The van der Waals surface area contributed by atoms with Gasteiger partial charge in [-0.3, -0.25) is 4.79 Å². The van der Waals surface area contributed by atoms with Gasteiger partial charge in [0.1, 0.15) is 18.1 Å². The zero-order valence-corrected chi connectivity index (χ0v) is 17.6. The summed E-state index contributed by atoms with van der Waals surface area (Å²) in [5.41, 5.74) is 3.43. The van der Waals surface area contributed by atoms with Gasteiger partial charge < -0.3 is 14.6 Å². The number of benzene rings is 3. The van der Waals surface area contributed by atoms with Gasteiger partial charge in [-0.05, 0) is 65.6 Å². The van der Waals surface area contributed by atoms with E-state index in [1.54, 1.807) is 0 Å². The molecule has 1 aliphatic carbocycles. The zero-order valence-electron chi connectivity index (χ0n) is 17.6. The van der Waals surface area contributed by atoms with E-state index in [-0.39, 0.29) is 12.3 Å². The molecule has 1 unspecified atom stereocenters. The van der Waals surface area contributed by atoms with E-state index < -0.39 is 5.97 Å². The topological polar surface area (TPSA) is 55.8 Å². The first kappa shape index (κ1) is 21.0. The molecule has 1 saturated carbocycles. The van der Waals surface area contributed by atoms with E-state index in [0.717, 1.165) is 41.9 Å². The van der Waals surface area contributed by atoms with E-state index in [9.17, 15) is 9.90 Å². The highest BCUT2D eigenvalue weighted by Crippen LogP contribution is 2.44.